The Morgan fingerprint density at radius 3 is 2.71 bits per heavy atom. The van der Waals surface area contributed by atoms with Crippen molar-refractivity contribution in [3.8, 4) is 0 Å². The van der Waals surface area contributed by atoms with Crippen LogP contribution in [-0.4, -0.2) is 30.3 Å². The van der Waals surface area contributed by atoms with E-state index >= 15 is 0 Å². The lowest BCUT2D eigenvalue weighted by molar-refractivity contribution is 0.318. The molecule has 108 valence electrons. The first-order valence-electron chi connectivity index (χ1n) is 7.89. The van der Waals surface area contributed by atoms with Crippen molar-refractivity contribution >= 4 is 11.8 Å². The third-order valence-corrected chi connectivity index (χ3v) is 6.07. The highest BCUT2D eigenvalue weighted by Crippen LogP contribution is 2.40. The summed E-state index contributed by atoms with van der Waals surface area (Å²) in [6, 6.07) is 20.0. The van der Waals surface area contributed by atoms with Gasteiger partial charge in [-0.3, -0.25) is 0 Å². The van der Waals surface area contributed by atoms with Crippen LogP contribution in [0.5, 0.6) is 0 Å². The first kappa shape index (κ1) is 13.4. The van der Waals surface area contributed by atoms with Gasteiger partial charge in [0.1, 0.15) is 0 Å². The Morgan fingerprint density at radius 1 is 1.00 bits per heavy atom. The van der Waals surface area contributed by atoms with E-state index in [0.717, 1.165) is 11.8 Å². The Bertz CT molecular complexity index is 610. The molecule has 0 N–H and O–H groups in total. The predicted molar refractivity (Wildman–Crippen MR) is 90.1 cm³/mol. The molecule has 1 nitrogen and oxygen atoms in total. The van der Waals surface area contributed by atoms with Crippen molar-refractivity contribution in [2.45, 2.75) is 23.2 Å². The molecule has 21 heavy (non-hydrogen) atoms. The molecule has 0 spiro atoms. The van der Waals surface area contributed by atoms with Crippen molar-refractivity contribution in [3.05, 3.63) is 65.7 Å². The second-order valence-electron chi connectivity index (χ2n) is 6.20. The van der Waals surface area contributed by atoms with Crippen LogP contribution in [0, 0.1) is 0 Å². The van der Waals surface area contributed by atoms with Gasteiger partial charge in [-0.05, 0) is 36.1 Å². The first-order chi connectivity index (χ1) is 10.4. The fourth-order valence-electron chi connectivity index (χ4n) is 3.69. The zero-order valence-corrected chi connectivity index (χ0v) is 13.1. The molecule has 2 heteroatoms. The van der Waals surface area contributed by atoms with E-state index in [9.17, 15) is 0 Å². The second-order valence-corrected chi connectivity index (χ2v) is 7.26. The summed E-state index contributed by atoms with van der Waals surface area (Å²) in [5, 5.41) is 0. The molecule has 2 aliphatic heterocycles. The zero-order chi connectivity index (χ0) is 14.1. The van der Waals surface area contributed by atoms with Gasteiger partial charge in [0.15, 0.2) is 0 Å². The van der Waals surface area contributed by atoms with Gasteiger partial charge in [0.05, 0.1) is 0 Å². The molecule has 4 rings (SSSR count). The topological polar surface area (TPSA) is 3.24 Å². The maximum absolute atomic E-state index is 2.67. The summed E-state index contributed by atoms with van der Waals surface area (Å²) in [7, 11) is 0. The molecule has 0 aromatic heterocycles. The van der Waals surface area contributed by atoms with E-state index in [1.165, 1.54) is 42.3 Å². The van der Waals surface area contributed by atoms with Crippen molar-refractivity contribution in [1.29, 1.82) is 0 Å². The Hall–Kier alpha value is -1.25. The molecule has 2 aromatic rings. The monoisotopic (exact) mass is 295 g/mol. The van der Waals surface area contributed by atoms with Crippen LogP contribution < -0.4 is 0 Å². The fraction of sp³-hybridized carbons (Fsp3) is 0.368. The van der Waals surface area contributed by atoms with Gasteiger partial charge in [-0.1, -0.05) is 48.5 Å². The fourth-order valence-corrected chi connectivity index (χ4v) is 4.93. The maximum Gasteiger partial charge on any atom is 0.0108 e. The summed E-state index contributed by atoms with van der Waals surface area (Å²) in [5.74, 6) is 2.71. The van der Waals surface area contributed by atoms with Crippen LogP contribution in [0.25, 0.3) is 0 Å². The molecule has 2 heterocycles. The largest absolute Gasteiger partial charge is 0.302 e. The Balaban J connectivity index is 1.41. The van der Waals surface area contributed by atoms with Gasteiger partial charge in [0.2, 0.25) is 0 Å². The number of rotatable bonds is 3. The highest BCUT2D eigenvalue weighted by atomic mass is 32.2. The van der Waals surface area contributed by atoms with Gasteiger partial charge in [0.25, 0.3) is 0 Å². The van der Waals surface area contributed by atoms with E-state index in [1.54, 1.807) is 5.56 Å². The summed E-state index contributed by atoms with van der Waals surface area (Å²) >= 11 is 2.03. The lowest BCUT2D eigenvalue weighted by atomic mass is 9.98. The number of hydrogen-bond acceptors (Lipinski definition) is 2. The van der Waals surface area contributed by atoms with E-state index in [2.05, 4.69) is 59.5 Å². The average Bonchev–Trinajstić information content (AvgIpc) is 3.17. The molecular weight excluding hydrogens is 274 g/mol. The molecule has 0 amide bonds. The predicted octanol–water partition coefficient (Wildman–Crippen LogP) is 4.37. The molecule has 2 unspecified atom stereocenters. The number of nitrogens with zero attached hydrogens (tertiary/aromatic N) is 1. The van der Waals surface area contributed by atoms with Gasteiger partial charge < -0.3 is 4.90 Å². The summed E-state index contributed by atoms with van der Waals surface area (Å²) in [4.78, 5) is 4.17. The normalized spacial score (nSPS) is 25.1. The van der Waals surface area contributed by atoms with Crippen molar-refractivity contribution in [2.24, 2.45) is 0 Å². The minimum atomic E-state index is 0.723. The Morgan fingerprint density at radius 2 is 1.81 bits per heavy atom. The van der Waals surface area contributed by atoms with Crippen molar-refractivity contribution in [1.82, 2.24) is 4.90 Å². The van der Waals surface area contributed by atoms with Crippen LogP contribution in [-0.2, 0) is 0 Å². The second kappa shape index (κ2) is 5.86. The molecular formula is C19H21NS. The van der Waals surface area contributed by atoms with Crippen LogP contribution in [0.2, 0.25) is 0 Å². The van der Waals surface area contributed by atoms with Gasteiger partial charge in [-0.2, -0.15) is 0 Å². The SMILES string of the molecule is c1ccc(C2CCN(CC3CSc4ccccc43)C2)cc1. The minimum Gasteiger partial charge on any atom is -0.302 e. The third-order valence-electron chi connectivity index (χ3n) is 4.82. The van der Waals surface area contributed by atoms with E-state index in [1.807, 2.05) is 11.8 Å². The van der Waals surface area contributed by atoms with Crippen LogP contribution in [0.3, 0.4) is 0 Å². The van der Waals surface area contributed by atoms with Gasteiger partial charge in [0, 0.05) is 29.7 Å². The lowest BCUT2D eigenvalue weighted by Gasteiger charge is -2.21. The summed E-state index contributed by atoms with van der Waals surface area (Å²) < 4.78 is 0. The lowest BCUT2D eigenvalue weighted by Crippen LogP contribution is -2.26. The van der Waals surface area contributed by atoms with Crippen molar-refractivity contribution < 1.29 is 0 Å². The number of hydrogen-bond donors (Lipinski definition) is 0. The summed E-state index contributed by atoms with van der Waals surface area (Å²) in [5.41, 5.74) is 3.09. The molecule has 1 fully saturated rings. The summed E-state index contributed by atoms with van der Waals surface area (Å²) in [6.07, 6.45) is 1.31. The van der Waals surface area contributed by atoms with Crippen LogP contribution in [0.4, 0.5) is 0 Å². The van der Waals surface area contributed by atoms with Crippen LogP contribution in [0.1, 0.15) is 29.4 Å². The number of likely N-dealkylation sites (tertiary alicyclic amines) is 1. The van der Waals surface area contributed by atoms with Gasteiger partial charge in [-0.25, -0.2) is 0 Å². The minimum absolute atomic E-state index is 0.723. The Labute approximate surface area is 131 Å². The highest BCUT2D eigenvalue weighted by molar-refractivity contribution is 7.99. The van der Waals surface area contributed by atoms with E-state index in [-0.39, 0.29) is 0 Å². The van der Waals surface area contributed by atoms with Gasteiger partial charge >= 0.3 is 0 Å². The van der Waals surface area contributed by atoms with E-state index in [0.29, 0.717) is 0 Å². The third kappa shape index (κ3) is 2.75. The van der Waals surface area contributed by atoms with Crippen molar-refractivity contribution in [2.75, 3.05) is 25.4 Å². The van der Waals surface area contributed by atoms with Gasteiger partial charge in [-0.15, -0.1) is 11.8 Å². The number of fused-ring (bicyclic) bond motifs is 1. The molecule has 0 saturated carbocycles. The zero-order valence-electron chi connectivity index (χ0n) is 12.2. The molecule has 1 saturated heterocycles. The molecule has 2 aromatic carbocycles. The Kier molecular flexibility index (Phi) is 3.74. The van der Waals surface area contributed by atoms with E-state index in [4.69, 9.17) is 0 Å². The van der Waals surface area contributed by atoms with Crippen LogP contribution >= 0.6 is 11.8 Å². The molecule has 2 aliphatic rings. The highest BCUT2D eigenvalue weighted by Gasteiger charge is 2.29. The number of benzene rings is 2. The van der Waals surface area contributed by atoms with E-state index < -0.39 is 0 Å². The molecule has 0 bridgehead atoms. The average molecular weight is 295 g/mol. The molecule has 0 aliphatic carbocycles. The van der Waals surface area contributed by atoms with Crippen molar-refractivity contribution in [3.63, 3.8) is 0 Å². The molecule has 2 atom stereocenters. The maximum atomic E-state index is 2.67. The first-order valence-corrected chi connectivity index (χ1v) is 8.88. The smallest absolute Gasteiger partial charge is 0.0108 e. The van der Waals surface area contributed by atoms with Crippen LogP contribution in [0.15, 0.2) is 59.5 Å². The molecule has 0 radical (unpaired) electrons. The standard InChI is InChI=1S/C19H21NS/c1-2-6-15(7-3-1)16-10-11-20(12-16)13-17-14-21-19-9-5-4-8-18(17)19/h1-9,16-17H,10-14H2. The number of thioether (sulfide) groups is 1. The quantitative estimate of drug-likeness (QED) is 0.827. The summed E-state index contributed by atoms with van der Waals surface area (Å²) in [6.45, 7) is 3.71.